The first-order valence-electron chi connectivity index (χ1n) is 6.84. The third-order valence-electron chi connectivity index (χ3n) is 3.48. The molecule has 0 unspecified atom stereocenters. The molecule has 0 spiro atoms. The van der Waals surface area contributed by atoms with Gasteiger partial charge >= 0.3 is 0 Å². The number of non-ortho nitro benzene ring substituents is 1. The van der Waals surface area contributed by atoms with Crippen LogP contribution in [-0.4, -0.2) is 34.3 Å². The number of anilines is 1. The zero-order valence-electron chi connectivity index (χ0n) is 12.0. The molecule has 2 N–H and O–H groups in total. The van der Waals surface area contributed by atoms with E-state index in [4.69, 9.17) is 0 Å². The maximum absolute atomic E-state index is 10.8. The molecule has 0 amide bonds. The number of nitro benzene ring substituents is 1. The number of aliphatic hydroxyl groups is 2. The van der Waals surface area contributed by atoms with E-state index in [1.54, 1.807) is 6.07 Å². The third kappa shape index (κ3) is 3.68. The summed E-state index contributed by atoms with van der Waals surface area (Å²) in [6.45, 7) is 4.29. The van der Waals surface area contributed by atoms with Crippen LogP contribution in [-0.2, 0) is 6.61 Å². The Morgan fingerprint density at radius 2 is 1.95 bits per heavy atom. The highest BCUT2D eigenvalue weighted by Crippen LogP contribution is 2.28. The number of hydrogen-bond donors (Lipinski definition) is 2. The quantitative estimate of drug-likeness (QED) is 0.563. The van der Waals surface area contributed by atoms with Gasteiger partial charge in [-0.1, -0.05) is 13.8 Å². The minimum atomic E-state index is -0.476. The van der Waals surface area contributed by atoms with Crippen molar-refractivity contribution in [3.63, 3.8) is 0 Å². The molecular weight excluding hydrogens is 260 g/mol. The number of nitro groups is 1. The fourth-order valence-corrected chi connectivity index (χ4v) is 2.43. The van der Waals surface area contributed by atoms with Crippen molar-refractivity contribution in [3.05, 3.63) is 33.9 Å². The number of rotatable bonds is 8. The van der Waals surface area contributed by atoms with Gasteiger partial charge < -0.3 is 15.1 Å². The summed E-state index contributed by atoms with van der Waals surface area (Å²) in [5.41, 5.74) is 1.23. The second-order valence-corrected chi connectivity index (χ2v) is 4.62. The van der Waals surface area contributed by atoms with Crippen molar-refractivity contribution in [2.75, 3.05) is 18.1 Å². The molecular formula is C14H22N2O4. The molecule has 0 fully saturated rings. The Balaban J connectivity index is 3.21. The van der Waals surface area contributed by atoms with Gasteiger partial charge in [0.15, 0.2) is 0 Å². The van der Waals surface area contributed by atoms with Crippen molar-refractivity contribution in [2.45, 2.75) is 39.3 Å². The molecule has 20 heavy (non-hydrogen) atoms. The van der Waals surface area contributed by atoms with Crippen LogP contribution in [0.3, 0.4) is 0 Å². The van der Waals surface area contributed by atoms with E-state index >= 15 is 0 Å². The summed E-state index contributed by atoms with van der Waals surface area (Å²) in [5.74, 6) is 0. The lowest BCUT2D eigenvalue weighted by Crippen LogP contribution is -2.37. The predicted molar refractivity (Wildman–Crippen MR) is 77.8 cm³/mol. The molecule has 0 aliphatic heterocycles. The minimum absolute atomic E-state index is 0.00163. The lowest BCUT2D eigenvalue weighted by Gasteiger charge is -2.33. The molecule has 0 aliphatic rings. The maximum Gasteiger partial charge on any atom is 0.269 e. The van der Waals surface area contributed by atoms with Gasteiger partial charge in [-0.2, -0.15) is 0 Å². The molecule has 6 nitrogen and oxygen atoms in total. The first-order chi connectivity index (χ1) is 9.58. The van der Waals surface area contributed by atoms with Gasteiger partial charge in [0.1, 0.15) is 0 Å². The molecule has 0 saturated carbocycles. The Labute approximate surface area is 118 Å². The lowest BCUT2D eigenvalue weighted by molar-refractivity contribution is -0.384. The largest absolute Gasteiger partial charge is 0.395 e. The van der Waals surface area contributed by atoms with Crippen LogP contribution in [0.5, 0.6) is 0 Å². The zero-order chi connectivity index (χ0) is 15.1. The van der Waals surface area contributed by atoms with Gasteiger partial charge in [0.05, 0.1) is 18.1 Å². The monoisotopic (exact) mass is 282 g/mol. The van der Waals surface area contributed by atoms with Crippen LogP contribution >= 0.6 is 0 Å². The van der Waals surface area contributed by atoms with E-state index in [-0.39, 0.29) is 24.9 Å². The van der Waals surface area contributed by atoms with E-state index in [2.05, 4.69) is 13.8 Å². The van der Waals surface area contributed by atoms with Crippen LogP contribution < -0.4 is 4.90 Å². The maximum atomic E-state index is 10.8. The molecule has 0 aromatic heterocycles. The van der Waals surface area contributed by atoms with E-state index in [1.165, 1.54) is 12.1 Å². The Morgan fingerprint density at radius 3 is 2.40 bits per heavy atom. The van der Waals surface area contributed by atoms with Gasteiger partial charge in [-0.3, -0.25) is 10.1 Å². The van der Waals surface area contributed by atoms with Crippen LogP contribution in [0.25, 0.3) is 0 Å². The van der Waals surface area contributed by atoms with Crippen molar-refractivity contribution in [2.24, 2.45) is 0 Å². The summed E-state index contributed by atoms with van der Waals surface area (Å²) >= 11 is 0. The Hall–Kier alpha value is -1.66. The number of nitrogens with zero attached hydrogens (tertiary/aromatic N) is 2. The van der Waals surface area contributed by atoms with Crippen molar-refractivity contribution >= 4 is 11.4 Å². The lowest BCUT2D eigenvalue weighted by atomic mass is 10.1. The molecule has 0 aliphatic carbocycles. The average molecular weight is 282 g/mol. The molecule has 0 radical (unpaired) electrons. The first-order valence-corrected chi connectivity index (χ1v) is 6.84. The molecule has 1 aromatic carbocycles. The SMILES string of the molecule is CCC(CC)N(CCO)c1ccc([N+](=O)[O-])cc1CO. The summed E-state index contributed by atoms with van der Waals surface area (Å²) < 4.78 is 0. The second-order valence-electron chi connectivity index (χ2n) is 4.62. The van der Waals surface area contributed by atoms with E-state index in [0.717, 1.165) is 18.5 Å². The number of hydrogen-bond acceptors (Lipinski definition) is 5. The fraction of sp³-hybridized carbons (Fsp3) is 0.571. The van der Waals surface area contributed by atoms with Gasteiger partial charge in [-0.15, -0.1) is 0 Å². The fourth-order valence-electron chi connectivity index (χ4n) is 2.43. The highest BCUT2D eigenvalue weighted by atomic mass is 16.6. The van der Waals surface area contributed by atoms with E-state index in [1.807, 2.05) is 4.90 Å². The van der Waals surface area contributed by atoms with Crippen LogP contribution in [0.4, 0.5) is 11.4 Å². The Kier molecular flexibility index (Phi) is 6.41. The smallest absolute Gasteiger partial charge is 0.269 e. The van der Waals surface area contributed by atoms with Gasteiger partial charge in [0.2, 0.25) is 0 Å². The van der Waals surface area contributed by atoms with Gasteiger partial charge in [-0.25, -0.2) is 0 Å². The summed E-state index contributed by atoms with van der Waals surface area (Å²) in [4.78, 5) is 12.3. The summed E-state index contributed by atoms with van der Waals surface area (Å²) in [6.07, 6.45) is 1.80. The molecule has 112 valence electrons. The predicted octanol–water partition coefficient (Wildman–Crippen LogP) is 2.07. The highest BCUT2D eigenvalue weighted by Gasteiger charge is 2.20. The van der Waals surface area contributed by atoms with Crippen LogP contribution in [0, 0.1) is 10.1 Å². The zero-order valence-corrected chi connectivity index (χ0v) is 12.0. The second kappa shape index (κ2) is 7.81. The average Bonchev–Trinajstić information content (AvgIpc) is 2.46. The van der Waals surface area contributed by atoms with Crippen molar-refractivity contribution in [1.29, 1.82) is 0 Å². The normalized spacial score (nSPS) is 10.8. The van der Waals surface area contributed by atoms with E-state index in [0.29, 0.717) is 12.1 Å². The Morgan fingerprint density at radius 1 is 1.30 bits per heavy atom. The molecule has 0 bridgehead atoms. The summed E-state index contributed by atoms with van der Waals surface area (Å²) in [7, 11) is 0. The molecule has 6 heteroatoms. The first kappa shape index (κ1) is 16.4. The minimum Gasteiger partial charge on any atom is -0.395 e. The van der Waals surface area contributed by atoms with Crippen molar-refractivity contribution in [1.82, 2.24) is 0 Å². The number of aliphatic hydroxyl groups excluding tert-OH is 2. The standard InChI is InChI=1S/C14H22N2O4/c1-3-12(4-2)15(7-8-17)14-6-5-13(16(19)20)9-11(14)10-18/h5-6,9,12,17-18H,3-4,7-8,10H2,1-2H3. The summed E-state index contributed by atoms with van der Waals surface area (Å²) in [6, 6.07) is 4.70. The van der Waals surface area contributed by atoms with Crippen LogP contribution in [0.15, 0.2) is 18.2 Å². The highest BCUT2D eigenvalue weighted by molar-refractivity contribution is 5.58. The van der Waals surface area contributed by atoms with Crippen molar-refractivity contribution in [3.8, 4) is 0 Å². The number of benzene rings is 1. The van der Waals surface area contributed by atoms with Gasteiger partial charge in [0.25, 0.3) is 5.69 Å². The molecule has 1 aromatic rings. The van der Waals surface area contributed by atoms with Gasteiger partial charge in [0, 0.05) is 36.0 Å². The summed E-state index contributed by atoms with van der Waals surface area (Å²) in [5, 5.41) is 29.5. The molecule has 0 heterocycles. The van der Waals surface area contributed by atoms with E-state index < -0.39 is 4.92 Å². The molecule has 1 rings (SSSR count). The van der Waals surface area contributed by atoms with Gasteiger partial charge in [-0.05, 0) is 18.9 Å². The van der Waals surface area contributed by atoms with E-state index in [9.17, 15) is 20.3 Å². The van der Waals surface area contributed by atoms with Crippen molar-refractivity contribution < 1.29 is 15.1 Å². The Bertz CT molecular complexity index is 447. The van der Waals surface area contributed by atoms with Crippen LogP contribution in [0.1, 0.15) is 32.3 Å². The third-order valence-corrected chi connectivity index (χ3v) is 3.48. The molecule has 0 saturated heterocycles. The topological polar surface area (TPSA) is 86.8 Å². The molecule has 0 atom stereocenters. The van der Waals surface area contributed by atoms with Crippen LogP contribution in [0.2, 0.25) is 0 Å².